The Hall–Kier alpha value is -1.79. The first kappa shape index (κ1) is 17.3. The Morgan fingerprint density at radius 3 is 2.48 bits per heavy atom. The molecule has 2 N–H and O–H groups in total. The molecule has 120 valence electrons. The highest BCUT2D eigenvalue weighted by atomic mass is 16.4. The van der Waals surface area contributed by atoms with E-state index in [1.54, 1.807) is 11.8 Å². The van der Waals surface area contributed by atoms with E-state index in [0.29, 0.717) is 32.5 Å². The number of likely N-dealkylation sites (N-methyl/N-ethyl adjacent to an activating group) is 1. The molecule has 0 spiro atoms. The summed E-state index contributed by atoms with van der Waals surface area (Å²) in [5.41, 5.74) is 0. The SMILES string of the molecule is CCN(CC)C(=O)C(C)NC(=O)N1CCC[C@@H](C(=O)O)C1. The van der Waals surface area contributed by atoms with Crippen LogP contribution in [0.1, 0.15) is 33.6 Å². The number of carboxylic acids is 1. The first-order chi connectivity index (χ1) is 9.90. The van der Waals surface area contributed by atoms with Crippen molar-refractivity contribution in [3.8, 4) is 0 Å². The number of amides is 3. The second-order valence-electron chi connectivity index (χ2n) is 5.31. The lowest BCUT2D eigenvalue weighted by Gasteiger charge is -2.32. The summed E-state index contributed by atoms with van der Waals surface area (Å²) < 4.78 is 0. The van der Waals surface area contributed by atoms with Gasteiger partial charge in [-0.2, -0.15) is 0 Å². The van der Waals surface area contributed by atoms with Gasteiger partial charge in [-0.25, -0.2) is 4.79 Å². The van der Waals surface area contributed by atoms with Gasteiger partial charge in [0, 0.05) is 26.2 Å². The summed E-state index contributed by atoms with van der Waals surface area (Å²) >= 11 is 0. The molecular weight excluding hydrogens is 274 g/mol. The van der Waals surface area contributed by atoms with E-state index in [1.165, 1.54) is 4.90 Å². The molecule has 1 saturated heterocycles. The molecule has 3 amide bonds. The Morgan fingerprint density at radius 1 is 1.33 bits per heavy atom. The summed E-state index contributed by atoms with van der Waals surface area (Å²) in [5, 5.41) is 11.7. The standard InChI is InChI=1S/C14H25N3O4/c1-4-16(5-2)12(18)10(3)15-14(21)17-8-6-7-11(9-17)13(19)20/h10-11H,4-9H2,1-3H3,(H,15,21)(H,19,20)/t10?,11-/m1/s1. The van der Waals surface area contributed by atoms with Gasteiger partial charge in [-0.05, 0) is 33.6 Å². The molecule has 7 nitrogen and oxygen atoms in total. The molecule has 0 bridgehead atoms. The van der Waals surface area contributed by atoms with Crippen LogP contribution >= 0.6 is 0 Å². The van der Waals surface area contributed by atoms with Crippen LogP contribution in [0.2, 0.25) is 0 Å². The van der Waals surface area contributed by atoms with Gasteiger partial charge in [-0.15, -0.1) is 0 Å². The van der Waals surface area contributed by atoms with Crippen molar-refractivity contribution in [2.24, 2.45) is 5.92 Å². The molecule has 1 aliphatic rings. The average Bonchev–Trinajstić information content (AvgIpc) is 2.48. The van der Waals surface area contributed by atoms with Crippen molar-refractivity contribution >= 4 is 17.9 Å². The largest absolute Gasteiger partial charge is 0.481 e. The third-order valence-electron chi connectivity index (χ3n) is 3.84. The van der Waals surface area contributed by atoms with Gasteiger partial charge >= 0.3 is 12.0 Å². The fourth-order valence-corrected chi connectivity index (χ4v) is 2.51. The van der Waals surface area contributed by atoms with Gasteiger partial charge in [0.25, 0.3) is 0 Å². The van der Waals surface area contributed by atoms with Crippen molar-refractivity contribution in [2.45, 2.75) is 39.7 Å². The van der Waals surface area contributed by atoms with Gasteiger partial charge in [-0.3, -0.25) is 9.59 Å². The zero-order valence-corrected chi connectivity index (χ0v) is 13.0. The Morgan fingerprint density at radius 2 is 1.95 bits per heavy atom. The number of nitrogens with one attached hydrogen (secondary N) is 1. The highest BCUT2D eigenvalue weighted by Crippen LogP contribution is 2.16. The molecule has 2 atom stereocenters. The number of hydrogen-bond donors (Lipinski definition) is 2. The number of urea groups is 1. The second kappa shape index (κ2) is 7.85. The predicted molar refractivity (Wildman–Crippen MR) is 77.9 cm³/mol. The van der Waals surface area contributed by atoms with E-state index in [2.05, 4.69) is 5.32 Å². The van der Waals surface area contributed by atoms with E-state index >= 15 is 0 Å². The lowest BCUT2D eigenvalue weighted by atomic mass is 9.99. The summed E-state index contributed by atoms with van der Waals surface area (Å²) in [6.07, 6.45) is 1.26. The molecule has 0 aromatic heterocycles. The third kappa shape index (κ3) is 4.61. The van der Waals surface area contributed by atoms with Crippen LogP contribution in [-0.4, -0.2) is 65.0 Å². The first-order valence-corrected chi connectivity index (χ1v) is 7.47. The molecule has 0 radical (unpaired) electrons. The normalized spacial score (nSPS) is 19.8. The number of aliphatic carboxylic acids is 1. The Bertz CT molecular complexity index is 396. The number of carbonyl (C=O) groups is 3. The summed E-state index contributed by atoms with van der Waals surface area (Å²) in [5.74, 6) is -1.52. The minimum Gasteiger partial charge on any atom is -0.481 e. The highest BCUT2D eigenvalue weighted by molar-refractivity contribution is 5.87. The first-order valence-electron chi connectivity index (χ1n) is 7.47. The molecule has 0 saturated carbocycles. The Labute approximate surface area is 125 Å². The zero-order chi connectivity index (χ0) is 16.0. The molecule has 21 heavy (non-hydrogen) atoms. The van der Waals surface area contributed by atoms with Crippen molar-refractivity contribution in [1.82, 2.24) is 15.1 Å². The van der Waals surface area contributed by atoms with E-state index in [-0.39, 0.29) is 18.5 Å². The van der Waals surface area contributed by atoms with Gasteiger partial charge in [0.1, 0.15) is 6.04 Å². The smallest absolute Gasteiger partial charge is 0.318 e. The van der Waals surface area contributed by atoms with Gasteiger partial charge in [0.2, 0.25) is 5.91 Å². The molecule has 1 fully saturated rings. The molecule has 1 heterocycles. The quantitative estimate of drug-likeness (QED) is 0.784. The van der Waals surface area contributed by atoms with Crippen molar-refractivity contribution in [1.29, 1.82) is 0 Å². The van der Waals surface area contributed by atoms with Crippen molar-refractivity contribution in [3.05, 3.63) is 0 Å². The Kier molecular flexibility index (Phi) is 6.45. The van der Waals surface area contributed by atoms with Crippen LogP contribution in [-0.2, 0) is 9.59 Å². The maximum absolute atomic E-state index is 12.1. The van der Waals surface area contributed by atoms with Crippen molar-refractivity contribution in [2.75, 3.05) is 26.2 Å². The van der Waals surface area contributed by atoms with Gasteiger partial charge < -0.3 is 20.2 Å². The average molecular weight is 299 g/mol. The molecule has 0 aliphatic carbocycles. The number of piperidine rings is 1. The number of hydrogen-bond acceptors (Lipinski definition) is 3. The number of rotatable bonds is 5. The van der Waals surface area contributed by atoms with Gasteiger partial charge in [0.05, 0.1) is 5.92 Å². The molecule has 1 rings (SSSR count). The van der Waals surface area contributed by atoms with E-state index < -0.39 is 17.9 Å². The van der Waals surface area contributed by atoms with Gasteiger partial charge in [0.15, 0.2) is 0 Å². The van der Waals surface area contributed by atoms with Crippen LogP contribution < -0.4 is 5.32 Å². The van der Waals surface area contributed by atoms with E-state index in [4.69, 9.17) is 5.11 Å². The summed E-state index contributed by atoms with van der Waals surface area (Å²) in [7, 11) is 0. The highest BCUT2D eigenvalue weighted by Gasteiger charge is 2.29. The lowest BCUT2D eigenvalue weighted by Crippen LogP contribution is -2.53. The third-order valence-corrected chi connectivity index (χ3v) is 3.84. The predicted octanol–water partition coefficient (Wildman–Crippen LogP) is 0.750. The molecule has 0 aromatic rings. The van der Waals surface area contributed by atoms with Crippen LogP contribution in [0.15, 0.2) is 0 Å². The fraction of sp³-hybridized carbons (Fsp3) is 0.786. The van der Waals surface area contributed by atoms with Crippen molar-refractivity contribution in [3.63, 3.8) is 0 Å². The van der Waals surface area contributed by atoms with Crippen LogP contribution in [0.5, 0.6) is 0 Å². The molecule has 1 aliphatic heterocycles. The number of nitrogens with zero attached hydrogens (tertiary/aromatic N) is 2. The van der Waals surface area contributed by atoms with Crippen LogP contribution in [0.4, 0.5) is 4.79 Å². The fourth-order valence-electron chi connectivity index (χ4n) is 2.51. The summed E-state index contributed by atoms with van der Waals surface area (Å²) in [4.78, 5) is 38.4. The van der Waals surface area contributed by atoms with Crippen molar-refractivity contribution < 1.29 is 19.5 Å². The van der Waals surface area contributed by atoms with E-state index in [1.807, 2.05) is 13.8 Å². The molecule has 1 unspecified atom stereocenters. The number of carbonyl (C=O) groups excluding carboxylic acids is 2. The Balaban J connectivity index is 2.55. The monoisotopic (exact) mass is 299 g/mol. The minimum atomic E-state index is -0.875. The molecule has 0 aromatic carbocycles. The van der Waals surface area contributed by atoms with Gasteiger partial charge in [-0.1, -0.05) is 0 Å². The maximum atomic E-state index is 12.1. The van der Waals surface area contributed by atoms with Crippen LogP contribution in [0.25, 0.3) is 0 Å². The number of likely N-dealkylation sites (tertiary alicyclic amines) is 1. The van der Waals surface area contributed by atoms with Crippen LogP contribution in [0, 0.1) is 5.92 Å². The zero-order valence-electron chi connectivity index (χ0n) is 13.0. The lowest BCUT2D eigenvalue weighted by molar-refractivity contribution is -0.143. The molecule has 7 heteroatoms. The van der Waals surface area contributed by atoms with E-state index in [9.17, 15) is 14.4 Å². The minimum absolute atomic E-state index is 0.125. The second-order valence-corrected chi connectivity index (χ2v) is 5.31. The molecular formula is C14H25N3O4. The van der Waals surface area contributed by atoms with E-state index in [0.717, 1.165) is 0 Å². The topological polar surface area (TPSA) is 90.0 Å². The summed E-state index contributed by atoms with van der Waals surface area (Å²) in [6.45, 7) is 7.35. The van der Waals surface area contributed by atoms with Crippen LogP contribution in [0.3, 0.4) is 0 Å². The summed E-state index contributed by atoms with van der Waals surface area (Å²) in [6, 6.07) is -0.975. The number of carboxylic acid groups (broad SMARTS) is 1. The maximum Gasteiger partial charge on any atom is 0.318 e.